The van der Waals surface area contributed by atoms with Crippen molar-refractivity contribution in [3.8, 4) is 0 Å². The maximum atomic E-state index is 11.0. The van der Waals surface area contributed by atoms with Gasteiger partial charge in [0.1, 0.15) is 0 Å². The zero-order valence-corrected chi connectivity index (χ0v) is 19.3. The minimum Gasteiger partial charge on any atom is -0.393 e. The highest BCUT2D eigenvalue weighted by Crippen LogP contribution is 2.59. The fraction of sp³-hybridized carbons (Fsp3) is 0.800. The molecule has 0 radical (unpaired) electrons. The number of allylic oxidation sites excluding steroid dienone is 3. The fourth-order valence-electron chi connectivity index (χ4n) is 6.78. The van der Waals surface area contributed by atoms with Gasteiger partial charge in [-0.3, -0.25) is 5.21 Å². The standard InChI is InChI=1S/C25H42N2O4/c1-17(6-3-4-13-26-24(30)27-31)22-10-11-23-19(7-5-12-25(22,23)2)9-8-18-14-20(28)16-21(29)15-18/h8-9,17,20-23,28-29,31H,3-7,10-16H2,1-2H3,(H2,26,27,30)/b19-9+/t17-,20-,21-,22-,23+,25-/m1/s1. The molecule has 5 N–H and O–H groups in total. The number of aliphatic hydroxyl groups is 2. The Hall–Kier alpha value is -1.37. The first-order valence-corrected chi connectivity index (χ1v) is 12.3. The van der Waals surface area contributed by atoms with E-state index in [1.54, 1.807) is 11.1 Å². The number of hydroxylamine groups is 1. The van der Waals surface area contributed by atoms with Crippen molar-refractivity contribution < 1.29 is 20.2 Å². The number of nitrogens with one attached hydrogen (secondary N) is 2. The molecule has 0 aromatic carbocycles. The molecule has 0 bridgehead atoms. The number of carbonyl (C=O) groups is 1. The molecule has 6 atom stereocenters. The van der Waals surface area contributed by atoms with Gasteiger partial charge in [-0.05, 0) is 81.0 Å². The Labute approximate surface area is 187 Å². The second-order valence-corrected chi connectivity index (χ2v) is 10.5. The predicted molar refractivity (Wildman–Crippen MR) is 122 cm³/mol. The Morgan fingerprint density at radius 3 is 2.65 bits per heavy atom. The molecule has 0 saturated heterocycles. The number of aliphatic hydroxyl groups excluding tert-OH is 2. The summed E-state index contributed by atoms with van der Waals surface area (Å²) in [5, 5.41) is 31.1. The maximum absolute atomic E-state index is 11.0. The molecule has 0 aromatic heterocycles. The van der Waals surface area contributed by atoms with Crippen molar-refractivity contribution in [2.24, 2.45) is 23.2 Å². The second kappa shape index (κ2) is 11.0. The number of unbranched alkanes of at least 4 members (excludes halogenated alkanes) is 1. The number of fused-ring (bicyclic) bond motifs is 1. The lowest BCUT2D eigenvalue weighted by Gasteiger charge is -2.44. The molecule has 6 nitrogen and oxygen atoms in total. The largest absolute Gasteiger partial charge is 0.393 e. The number of hydrogen-bond acceptors (Lipinski definition) is 4. The summed E-state index contributed by atoms with van der Waals surface area (Å²) >= 11 is 0. The van der Waals surface area contributed by atoms with E-state index in [4.69, 9.17) is 5.21 Å². The monoisotopic (exact) mass is 434 g/mol. The molecule has 3 aliphatic carbocycles. The molecule has 6 heteroatoms. The molecule has 0 unspecified atom stereocenters. The minimum atomic E-state index is -0.534. The summed E-state index contributed by atoms with van der Waals surface area (Å²) in [5.74, 6) is 2.06. The number of amides is 2. The lowest BCUT2D eigenvalue weighted by Crippen LogP contribution is -2.36. The molecular formula is C25H42N2O4. The zero-order chi connectivity index (χ0) is 22.4. The molecule has 0 spiro atoms. The van der Waals surface area contributed by atoms with E-state index >= 15 is 0 Å². The molecule has 3 rings (SSSR count). The average molecular weight is 435 g/mol. The minimum absolute atomic E-state index is 0.364. The molecule has 3 saturated carbocycles. The Kier molecular flexibility index (Phi) is 8.59. The molecule has 176 valence electrons. The zero-order valence-electron chi connectivity index (χ0n) is 19.3. The van der Waals surface area contributed by atoms with Gasteiger partial charge in [-0.25, -0.2) is 10.3 Å². The van der Waals surface area contributed by atoms with E-state index in [0.717, 1.165) is 18.8 Å². The van der Waals surface area contributed by atoms with Crippen molar-refractivity contribution in [3.63, 3.8) is 0 Å². The highest BCUT2D eigenvalue weighted by Gasteiger charge is 2.50. The molecule has 2 amide bonds. The van der Waals surface area contributed by atoms with Crippen LogP contribution < -0.4 is 10.8 Å². The van der Waals surface area contributed by atoms with Crippen LogP contribution in [0.3, 0.4) is 0 Å². The maximum Gasteiger partial charge on any atom is 0.338 e. The first-order chi connectivity index (χ1) is 14.8. The highest BCUT2D eigenvalue weighted by molar-refractivity contribution is 5.72. The van der Waals surface area contributed by atoms with Crippen molar-refractivity contribution in [2.45, 2.75) is 96.7 Å². The van der Waals surface area contributed by atoms with Crippen LogP contribution in [0, 0.1) is 23.2 Å². The normalized spacial score (nSPS) is 35.5. The van der Waals surface area contributed by atoms with Crippen LogP contribution in [0.25, 0.3) is 0 Å². The number of rotatable bonds is 7. The predicted octanol–water partition coefficient (Wildman–Crippen LogP) is 4.46. The third-order valence-corrected chi connectivity index (χ3v) is 8.27. The summed E-state index contributed by atoms with van der Waals surface area (Å²) in [6.07, 6.45) is 15.1. The van der Waals surface area contributed by atoms with Gasteiger partial charge in [0.25, 0.3) is 0 Å². The molecular weight excluding hydrogens is 392 g/mol. The molecule has 0 heterocycles. The molecule has 0 aliphatic heterocycles. The van der Waals surface area contributed by atoms with Gasteiger partial charge in [-0.2, -0.15) is 0 Å². The first kappa shape index (κ1) is 24.3. The van der Waals surface area contributed by atoms with Crippen LogP contribution in [0.2, 0.25) is 0 Å². The molecule has 3 aliphatic rings. The van der Waals surface area contributed by atoms with Gasteiger partial charge in [0.2, 0.25) is 0 Å². The Morgan fingerprint density at radius 1 is 1.19 bits per heavy atom. The molecule has 0 aromatic rings. The summed E-state index contributed by atoms with van der Waals surface area (Å²) in [7, 11) is 0. The van der Waals surface area contributed by atoms with Crippen LogP contribution in [0.4, 0.5) is 4.79 Å². The third kappa shape index (κ3) is 6.11. The van der Waals surface area contributed by atoms with Crippen LogP contribution in [-0.4, -0.2) is 40.2 Å². The van der Waals surface area contributed by atoms with Gasteiger partial charge in [0.15, 0.2) is 0 Å². The summed E-state index contributed by atoms with van der Waals surface area (Å²) < 4.78 is 0. The van der Waals surface area contributed by atoms with Gasteiger partial charge in [0, 0.05) is 6.54 Å². The van der Waals surface area contributed by atoms with E-state index in [1.807, 2.05) is 0 Å². The van der Waals surface area contributed by atoms with E-state index in [1.165, 1.54) is 44.1 Å². The Bertz CT molecular complexity index is 664. The van der Waals surface area contributed by atoms with E-state index in [9.17, 15) is 15.0 Å². The van der Waals surface area contributed by atoms with E-state index in [2.05, 4.69) is 31.3 Å². The van der Waals surface area contributed by atoms with Gasteiger partial charge in [-0.15, -0.1) is 0 Å². The van der Waals surface area contributed by atoms with Gasteiger partial charge in [-0.1, -0.05) is 50.0 Å². The Morgan fingerprint density at radius 2 is 1.94 bits per heavy atom. The van der Waals surface area contributed by atoms with Gasteiger partial charge >= 0.3 is 6.03 Å². The number of carbonyl (C=O) groups excluding carboxylic acids is 1. The highest BCUT2D eigenvalue weighted by atomic mass is 16.5. The van der Waals surface area contributed by atoms with E-state index in [-0.39, 0.29) is 0 Å². The Balaban J connectivity index is 1.57. The van der Waals surface area contributed by atoms with E-state index in [0.29, 0.717) is 43.1 Å². The van der Waals surface area contributed by atoms with Gasteiger partial charge in [0.05, 0.1) is 12.2 Å². The van der Waals surface area contributed by atoms with Crippen molar-refractivity contribution in [2.75, 3.05) is 6.54 Å². The summed E-state index contributed by atoms with van der Waals surface area (Å²) in [5.41, 5.74) is 4.72. The van der Waals surface area contributed by atoms with Crippen LogP contribution in [0.5, 0.6) is 0 Å². The van der Waals surface area contributed by atoms with Gasteiger partial charge < -0.3 is 15.5 Å². The summed E-state index contributed by atoms with van der Waals surface area (Å²) in [4.78, 5) is 11.0. The fourth-order valence-corrected chi connectivity index (χ4v) is 6.78. The SMILES string of the molecule is C[C@H](CCCCNC(=O)NO)[C@H]1CC[C@H]2/C(=C/C=C3C[C@@H](O)C[C@H](O)C3)CCC[C@]12C. The van der Waals surface area contributed by atoms with Crippen molar-refractivity contribution in [3.05, 3.63) is 23.3 Å². The topological polar surface area (TPSA) is 102 Å². The van der Waals surface area contributed by atoms with Crippen LogP contribution >= 0.6 is 0 Å². The van der Waals surface area contributed by atoms with Crippen molar-refractivity contribution in [1.82, 2.24) is 10.8 Å². The summed E-state index contributed by atoms with van der Waals surface area (Å²) in [6.45, 7) is 5.50. The lowest BCUT2D eigenvalue weighted by molar-refractivity contribution is 0.0609. The van der Waals surface area contributed by atoms with Crippen LogP contribution in [0.1, 0.15) is 84.5 Å². The quantitative estimate of drug-likeness (QED) is 0.232. The molecule has 3 fully saturated rings. The lowest BCUT2D eigenvalue weighted by atomic mass is 9.60. The number of urea groups is 1. The second-order valence-electron chi connectivity index (χ2n) is 10.5. The van der Waals surface area contributed by atoms with Crippen molar-refractivity contribution >= 4 is 6.03 Å². The van der Waals surface area contributed by atoms with E-state index < -0.39 is 18.2 Å². The average Bonchev–Trinajstić information content (AvgIpc) is 3.08. The summed E-state index contributed by atoms with van der Waals surface area (Å²) in [6, 6.07) is -0.534. The molecule has 31 heavy (non-hydrogen) atoms. The van der Waals surface area contributed by atoms with Crippen molar-refractivity contribution in [1.29, 1.82) is 0 Å². The third-order valence-electron chi connectivity index (χ3n) is 8.27. The van der Waals surface area contributed by atoms with Crippen LogP contribution in [-0.2, 0) is 0 Å². The smallest absolute Gasteiger partial charge is 0.338 e. The first-order valence-electron chi connectivity index (χ1n) is 12.3. The van der Waals surface area contributed by atoms with Crippen LogP contribution in [0.15, 0.2) is 23.3 Å². The number of hydrogen-bond donors (Lipinski definition) is 5.